The van der Waals surface area contributed by atoms with Gasteiger partial charge in [0, 0.05) is 11.0 Å². The average molecular weight is 324 g/mol. The van der Waals surface area contributed by atoms with E-state index in [2.05, 4.69) is 47.2 Å². The molecule has 1 amide bonds. The van der Waals surface area contributed by atoms with Crippen LogP contribution in [-0.2, 0) is 10.2 Å². The molecule has 1 N–H and O–H groups in total. The van der Waals surface area contributed by atoms with Gasteiger partial charge in [-0.2, -0.15) is 0 Å². The molecule has 1 aromatic rings. The Labute approximate surface area is 124 Å². The van der Waals surface area contributed by atoms with Gasteiger partial charge in [0.15, 0.2) is 0 Å². The van der Waals surface area contributed by atoms with Gasteiger partial charge >= 0.3 is 0 Å². The minimum Gasteiger partial charge on any atom is -0.355 e. The number of nitrogens with one attached hydrogen (secondary N) is 1. The fraction of sp³-hybridized carbons (Fsp3) is 0.562. The predicted octanol–water partition coefficient (Wildman–Crippen LogP) is 4.03. The number of hydrogen-bond donors (Lipinski definition) is 1. The quantitative estimate of drug-likeness (QED) is 0.841. The number of halogens is 1. The van der Waals surface area contributed by atoms with Crippen molar-refractivity contribution in [1.82, 2.24) is 5.32 Å². The van der Waals surface area contributed by atoms with E-state index in [4.69, 9.17) is 0 Å². The van der Waals surface area contributed by atoms with Gasteiger partial charge in [-0.1, -0.05) is 54.8 Å². The largest absolute Gasteiger partial charge is 0.355 e. The number of benzene rings is 1. The summed E-state index contributed by atoms with van der Waals surface area (Å²) in [5.74, 6) is 0.811. The van der Waals surface area contributed by atoms with Crippen LogP contribution in [0, 0.1) is 5.92 Å². The van der Waals surface area contributed by atoms with Crippen LogP contribution in [0.3, 0.4) is 0 Å². The van der Waals surface area contributed by atoms with Crippen molar-refractivity contribution < 1.29 is 4.79 Å². The normalized spacial score (nSPS) is 16.4. The zero-order valence-corrected chi connectivity index (χ0v) is 13.3. The highest BCUT2D eigenvalue weighted by atomic mass is 79.9. The summed E-state index contributed by atoms with van der Waals surface area (Å²) in [5, 5.41) is 3.15. The van der Waals surface area contributed by atoms with E-state index in [9.17, 15) is 4.79 Å². The summed E-state index contributed by atoms with van der Waals surface area (Å²) in [7, 11) is 0. The average Bonchev–Trinajstić information content (AvgIpc) is 3.22. The van der Waals surface area contributed by atoms with Crippen molar-refractivity contribution in [2.45, 2.75) is 44.9 Å². The third-order valence-corrected chi connectivity index (χ3v) is 4.82. The Hall–Kier alpha value is -0.830. The Morgan fingerprint density at radius 2 is 1.84 bits per heavy atom. The monoisotopic (exact) mass is 323 g/mol. The summed E-state index contributed by atoms with van der Waals surface area (Å²) in [6, 6.07) is 8.16. The van der Waals surface area contributed by atoms with Crippen molar-refractivity contribution in [2.24, 2.45) is 5.92 Å². The van der Waals surface area contributed by atoms with Crippen LogP contribution in [0.2, 0.25) is 0 Å². The molecule has 104 valence electrons. The molecule has 1 fully saturated rings. The maximum atomic E-state index is 12.4. The lowest BCUT2D eigenvalue weighted by Gasteiger charge is -2.19. The van der Waals surface area contributed by atoms with Gasteiger partial charge in [-0.05, 0) is 36.5 Å². The highest BCUT2D eigenvalue weighted by Gasteiger charge is 2.51. The Morgan fingerprint density at radius 3 is 2.32 bits per heavy atom. The maximum Gasteiger partial charge on any atom is 0.230 e. The lowest BCUT2D eigenvalue weighted by molar-refractivity contribution is -0.123. The molecule has 0 aliphatic heterocycles. The molecule has 0 saturated heterocycles. The first-order valence-electron chi connectivity index (χ1n) is 7.16. The van der Waals surface area contributed by atoms with Crippen LogP contribution in [0.15, 0.2) is 28.7 Å². The molecule has 3 heteroatoms. The van der Waals surface area contributed by atoms with Gasteiger partial charge in [0.2, 0.25) is 5.91 Å². The van der Waals surface area contributed by atoms with Crippen LogP contribution in [-0.4, -0.2) is 12.5 Å². The third-order valence-electron chi connectivity index (χ3n) is 4.29. The zero-order chi connectivity index (χ0) is 13.9. The van der Waals surface area contributed by atoms with Crippen LogP contribution < -0.4 is 5.32 Å². The van der Waals surface area contributed by atoms with Crippen LogP contribution >= 0.6 is 15.9 Å². The molecular weight excluding hydrogens is 302 g/mol. The van der Waals surface area contributed by atoms with Crippen LogP contribution in [0.1, 0.15) is 45.1 Å². The molecule has 2 nitrogen and oxygen atoms in total. The number of rotatable bonds is 6. The van der Waals surface area contributed by atoms with Gasteiger partial charge in [-0.25, -0.2) is 0 Å². The molecule has 1 aliphatic carbocycles. The summed E-state index contributed by atoms with van der Waals surface area (Å²) in [5.41, 5.74) is 0.907. The Bertz CT molecular complexity index is 433. The number of amides is 1. The summed E-state index contributed by atoms with van der Waals surface area (Å²) in [4.78, 5) is 12.4. The van der Waals surface area contributed by atoms with Gasteiger partial charge in [-0.15, -0.1) is 0 Å². The van der Waals surface area contributed by atoms with Crippen LogP contribution in [0.5, 0.6) is 0 Å². The van der Waals surface area contributed by atoms with Crippen molar-refractivity contribution in [2.75, 3.05) is 6.54 Å². The number of carbonyl (C=O) groups is 1. The van der Waals surface area contributed by atoms with Crippen LogP contribution in [0.25, 0.3) is 0 Å². The fourth-order valence-electron chi connectivity index (χ4n) is 2.52. The minimum absolute atomic E-state index is 0.210. The van der Waals surface area contributed by atoms with Crippen molar-refractivity contribution >= 4 is 21.8 Å². The summed E-state index contributed by atoms with van der Waals surface area (Å²) < 4.78 is 1.06. The first-order chi connectivity index (χ1) is 9.12. The Morgan fingerprint density at radius 1 is 1.26 bits per heavy atom. The highest BCUT2D eigenvalue weighted by molar-refractivity contribution is 9.10. The van der Waals surface area contributed by atoms with E-state index in [1.54, 1.807) is 0 Å². The molecule has 0 radical (unpaired) electrons. The molecule has 1 aliphatic rings. The summed E-state index contributed by atoms with van der Waals surface area (Å²) in [6.45, 7) is 5.17. The number of carbonyl (C=O) groups excluding carboxylic acids is 1. The second-order valence-electron chi connectivity index (χ2n) is 5.48. The third kappa shape index (κ3) is 3.19. The minimum atomic E-state index is -0.243. The van der Waals surface area contributed by atoms with Crippen LogP contribution in [0.4, 0.5) is 0 Å². The maximum absolute atomic E-state index is 12.4. The molecule has 0 aromatic heterocycles. The number of hydrogen-bond acceptors (Lipinski definition) is 1. The molecule has 1 aromatic carbocycles. The van der Waals surface area contributed by atoms with Gasteiger partial charge in [-0.3, -0.25) is 4.79 Å². The molecule has 1 saturated carbocycles. The van der Waals surface area contributed by atoms with Crippen molar-refractivity contribution in [3.63, 3.8) is 0 Å². The van der Waals surface area contributed by atoms with Crippen molar-refractivity contribution in [1.29, 1.82) is 0 Å². The molecule has 0 bridgehead atoms. The van der Waals surface area contributed by atoms with E-state index in [0.29, 0.717) is 5.92 Å². The smallest absolute Gasteiger partial charge is 0.230 e. The Balaban J connectivity index is 2.00. The Kier molecular flexibility index (Phi) is 4.67. The van der Waals surface area contributed by atoms with E-state index in [1.165, 1.54) is 0 Å². The van der Waals surface area contributed by atoms with Gasteiger partial charge in [0.1, 0.15) is 0 Å². The molecular formula is C16H22BrNO. The lowest BCUT2D eigenvalue weighted by Crippen LogP contribution is -2.37. The van der Waals surface area contributed by atoms with Gasteiger partial charge in [0.25, 0.3) is 0 Å². The molecule has 0 unspecified atom stereocenters. The summed E-state index contributed by atoms with van der Waals surface area (Å²) >= 11 is 3.44. The standard InChI is InChI=1S/C16H22BrNO/c1-3-12(4-2)11-18-15(19)16(9-10-16)13-5-7-14(17)8-6-13/h5-8,12H,3-4,9-11H2,1-2H3,(H,18,19). The lowest BCUT2D eigenvalue weighted by atomic mass is 9.94. The fourth-order valence-corrected chi connectivity index (χ4v) is 2.79. The van der Waals surface area contributed by atoms with E-state index >= 15 is 0 Å². The molecule has 0 heterocycles. The topological polar surface area (TPSA) is 29.1 Å². The van der Waals surface area contributed by atoms with E-state index in [1.807, 2.05) is 12.1 Å². The summed E-state index contributed by atoms with van der Waals surface area (Å²) in [6.07, 6.45) is 4.21. The van der Waals surface area contributed by atoms with E-state index in [-0.39, 0.29) is 11.3 Å². The van der Waals surface area contributed by atoms with E-state index < -0.39 is 0 Å². The molecule has 2 rings (SSSR count). The van der Waals surface area contributed by atoms with Gasteiger partial charge < -0.3 is 5.32 Å². The SMILES string of the molecule is CCC(CC)CNC(=O)C1(c2ccc(Br)cc2)CC1. The molecule has 19 heavy (non-hydrogen) atoms. The van der Waals surface area contributed by atoms with Crippen molar-refractivity contribution in [3.8, 4) is 0 Å². The molecule has 0 atom stereocenters. The predicted molar refractivity (Wildman–Crippen MR) is 82.1 cm³/mol. The van der Waals surface area contributed by atoms with E-state index in [0.717, 1.165) is 42.3 Å². The zero-order valence-electron chi connectivity index (χ0n) is 11.7. The highest BCUT2D eigenvalue weighted by Crippen LogP contribution is 2.48. The van der Waals surface area contributed by atoms with Crippen molar-refractivity contribution in [3.05, 3.63) is 34.3 Å². The second kappa shape index (κ2) is 6.08. The first-order valence-corrected chi connectivity index (χ1v) is 7.96. The molecule has 0 spiro atoms. The van der Waals surface area contributed by atoms with Gasteiger partial charge in [0.05, 0.1) is 5.41 Å². The first kappa shape index (κ1) is 14.6. The second-order valence-corrected chi connectivity index (χ2v) is 6.40.